The smallest absolute Gasteiger partial charge is 0.309 e. The zero-order valence-electron chi connectivity index (χ0n) is 13.3. The van der Waals surface area contributed by atoms with Crippen molar-refractivity contribution in [1.82, 2.24) is 5.32 Å². The molecule has 0 unspecified atom stereocenters. The van der Waals surface area contributed by atoms with Crippen molar-refractivity contribution < 1.29 is 14.3 Å². The predicted molar refractivity (Wildman–Crippen MR) is 80.8 cm³/mol. The van der Waals surface area contributed by atoms with Gasteiger partial charge in [0.1, 0.15) is 5.60 Å². The second-order valence-electron chi connectivity index (χ2n) is 5.76. The van der Waals surface area contributed by atoms with Crippen molar-refractivity contribution in [3.8, 4) is 0 Å². The molecule has 5 heteroatoms. The molecule has 0 bridgehead atoms. The van der Waals surface area contributed by atoms with E-state index in [1.165, 1.54) is 0 Å². The van der Waals surface area contributed by atoms with Crippen molar-refractivity contribution in [1.29, 1.82) is 0 Å². The first-order chi connectivity index (χ1) is 8.25. The summed E-state index contributed by atoms with van der Waals surface area (Å²) in [5, 5.41) is 3.24. The van der Waals surface area contributed by atoms with E-state index in [0.29, 0.717) is 5.92 Å². The normalized spacial score (nSPS) is 16.2. The second-order valence-corrected chi connectivity index (χ2v) is 5.76. The fourth-order valence-electron chi connectivity index (χ4n) is 2.00. The van der Waals surface area contributed by atoms with E-state index in [1.54, 1.807) is 7.11 Å². The van der Waals surface area contributed by atoms with Crippen LogP contribution in [0.5, 0.6) is 0 Å². The maximum Gasteiger partial charge on any atom is 0.309 e. The zero-order valence-corrected chi connectivity index (χ0v) is 14.1. The average Bonchev–Trinajstić information content (AvgIpc) is 2.25. The Morgan fingerprint density at radius 3 is 2.16 bits per heavy atom. The number of rotatable bonds is 7. The van der Waals surface area contributed by atoms with Crippen molar-refractivity contribution >= 4 is 18.4 Å². The fraction of sp³-hybridized carbons (Fsp3) is 0.929. The summed E-state index contributed by atoms with van der Waals surface area (Å²) in [6.45, 7) is 9.91. The lowest BCUT2D eigenvalue weighted by molar-refractivity contribution is -0.158. The summed E-state index contributed by atoms with van der Waals surface area (Å²) < 4.78 is 10.8. The quantitative estimate of drug-likeness (QED) is 0.734. The number of carbonyl (C=O) groups is 1. The van der Waals surface area contributed by atoms with Crippen LogP contribution < -0.4 is 5.32 Å². The van der Waals surface area contributed by atoms with Crippen LogP contribution in [0.3, 0.4) is 0 Å². The van der Waals surface area contributed by atoms with Crippen molar-refractivity contribution in [2.24, 2.45) is 5.92 Å². The molecule has 4 nitrogen and oxygen atoms in total. The Kier molecular flexibility index (Phi) is 10.6. The van der Waals surface area contributed by atoms with Gasteiger partial charge in [-0.1, -0.05) is 20.3 Å². The standard InChI is InChI=1S/C14H29NO3.ClH/c1-8-10(2)13(15-6)11(17-7)9-12(16)18-14(3,4)5;/h10-11,13,15H,8-9H2,1-7H3;1H/t10-,11-,13+;/m1./s1. The molecule has 0 saturated carbocycles. The third kappa shape index (κ3) is 8.45. The molecular formula is C14H30ClNO3. The molecule has 0 amide bonds. The van der Waals surface area contributed by atoms with Crippen LogP contribution in [-0.2, 0) is 14.3 Å². The lowest BCUT2D eigenvalue weighted by Crippen LogP contribution is -2.45. The van der Waals surface area contributed by atoms with Crippen LogP contribution in [0.25, 0.3) is 0 Å². The Bertz CT molecular complexity index is 254. The Morgan fingerprint density at radius 2 is 1.84 bits per heavy atom. The first-order valence-electron chi connectivity index (χ1n) is 6.67. The number of esters is 1. The largest absolute Gasteiger partial charge is 0.460 e. The Labute approximate surface area is 124 Å². The summed E-state index contributed by atoms with van der Waals surface area (Å²) in [5.74, 6) is 0.236. The Morgan fingerprint density at radius 1 is 1.32 bits per heavy atom. The third-order valence-corrected chi connectivity index (χ3v) is 3.08. The van der Waals surface area contributed by atoms with Gasteiger partial charge in [-0.3, -0.25) is 4.79 Å². The van der Waals surface area contributed by atoms with Crippen LogP contribution in [-0.4, -0.2) is 37.9 Å². The van der Waals surface area contributed by atoms with E-state index in [0.717, 1.165) is 6.42 Å². The molecule has 3 atom stereocenters. The number of carbonyl (C=O) groups excluding carboxylic acids is 1. The monoisotopic (exact) mass is 295 g/mol. The van der Waals surface area contributed by atoms with E-state index in [-0.39, 0.29) is 36.9 Å². The van der Waals surface area contributed by atoms with Crippen LogP contribution in [0.1, 0.15) is 47.5 Å². The molecule has 0 aliphatic heterocycles. The summed E-state index contributed by atoms with van der Waals surface area (Å²) in [6.07, 6.45) is 1.17. The maximum absolute atomic E-state index is 11.8. The van der Waals surface area contributed by atoms with E-state index in [9.17, 15) is 4.79 Å². The molecule has 0 aliphatic rings. The Balaban J connectivity index is 0. The van der Waals surface area contributed by atoms with Gasteiger partial charge in [-0.2, -0.15) is 0 Å². The van der Waals surface area contributed by atoms with Crippen molar-refractivity contribution in [2.45, 2.75) is 65.2 Å². The van der Waals surface area contributed by atoms with Gasteiger partial charge in [0.2, 0.25) is 0 Å². The first kappa shape index (κ1) is 21.0. The molecule has 0 aromatic rings. The third-order valence-electron chi connectivity index (χ3n) is 3.08. The van der Waals surface area contributed by atoms with Gasteiger partial charge in [0.05, 0.1) is 12.5 Å². The highest BCUT2D eigenvalue weighted by molar-refractivity contribution is 5.85. The molecular weight excluding hydrogens is 266 g/mol. The van der Waals surface area contributed by atoms with Crippen molar-refractivity contribution in [2.75, 3.05) is 14.2 Å². The number of ether oxygens (including phenoxy) is 2. The SMILES string of the molecule is CC[C@@H](C)[C@H](NC)[C@@H](CC(=O)OC(C)(C)C)OC.Cl. The maximum atomic E-state index is 11.8. The van der Waals surface area contributed by atoms with Crippen LogP contribution >= 0.6 is 12.4 Å². The molecule has 0 saturated heterocycles. The van der Waals surface area contributed by atoms with E-state index in [4.69, 9.17) is 9.47 Å². The van der Waals surface area contributed by atoms with Gasteiger partial charge < -0.3 is 14.8 Å². The van der Waals surface area contributed by atoms with Gasteiger partial charge in [0.15, 0.2) is 0 Å². The van der Waals surface area contributed by atoms with Crippen LogP contribution in [0.15, 0.2) is 0 Å². The van der Waals surface area contributed by atoms with Gasteiger partial charge in [0, 0.05) is 13.2 Å². The molecule has 0 spiro atoms. The average molecular weight is 296 g/mol. The minimum atomic E-state index is -0.444. The van der Waals surface area contributed by atoms with Crippen LogP contribution in [0, 0.1) is 5.92 Å². The van der Waals surface area contributed by atoms with Gasteiger partial charge in [-0.05, 0) is 33.7 Å². The lowest BCUT2D eigenvalue weighted by atomic mass is 9.92. The van der Waals surface area contributed by atoms with E-state index < -0.39 is 5.60 Å². The number of halogens is 1. The summed E-state index contributed by atoms with van der Waals surface area (Å²) >= 11 is 0. The summed E-state index contributed by atoms with van der Waals surface area (Å²) in [6, 6.07) is 0.160. The molecule has 0 aliphatic carbocycles. The second kappa shape index (κ2) is 9.56. The zero-order chi connectivity index (χ0) is 14.3. The van der Waals surface area contributed by atoms with Crippen LogP contribution in [0.4, 0.5) is 0 Å². The molecule has 0 heterocycles. The number of hydrogen-bond acceptors (Lipinski definition) is 4. The highest BCUT2D eigenvalue weighted by atomic mass is 35.5. The molecule has 116 valence electrons. The van der Waals surface area contributed by atoms with Crippen molar-refractivity contribution in [3.05, 3.63) is 0 Å². The van der Waals surface area contributed by atoms with Gasteiger partial charge in [0.25, 0.3) is 0 Å². The first-order valence-corrected chi connectivity index (χ1v) is 6.67. The number of likely N-dealkylation sites (N-methyl/N-ethyl adjacent to an activating group) is 1. The molecule has 0 fully saturated rings. The van der Waals surface area contributed by atoms with E-state index >= 15 is 0 Å². The molecule has 1 N–H and O–H groups in total. The number of hydrogen-bond donors (Lipinski definition) is 1. The molecule has 0 radical (unpaired) electrons. The minimum absolute atomic E-state index is 0. The number of nitrogens with one attached hydrogen (secondary N) is 1. The number of methoxy groups -OCH3 is 1. The highest BCUT2D eigenvalue weighted by Gasteiger charge is 2.28. The minimum Gasteiger partial charge on any atom is -0.460 e. The highest BCUT2D eigenvalue weighted by Crippen LogP contribution is 2.18. The van der Waals surface area contributed by atoms with Gasteiger partial charge in [-0.15, -0.1) is 12.4 Å². The summed E-state index contributed by atoms with van der Waals surface area (Å²) in [4.78, 5) is 11.8. The Hall–Kier alpha value is -0.320. The fourth-order valence-corrected chi connectivity index (χ4v) is 2.00. The summed E-state index contributed by atoms with van der Waals surface area (Å²) in [7, 11) is 3.54. The van der Waals surface area contributed by atoms with Gasteiger partial charge in [-0.25, -0.2) is 0 Å². The van der Waals surface area contributed by atoms with Crippen molar-refractivity contribution in [3.63, 3.8) is 0 Å². The molecule has 19 heavy (non-hydrogen) atoms. The molecule has 0 aromatic carbocycles. The van der Waals surface area contributed by atoms with Crippen LogP contribution in [0.2, 0.25) is 0 Å². The summed E-state index contributed by atoms with van der Waals surface area (Å²) in [5.41, 5.74) is -0.444. The predicted octanol–water partition coefficient (Wildman–Crippen LogP) is 2.79. The van der Waals surface area contributed by atoms with Gasteiger partial charge >= 0.3 is 5.97 Å². The topological polar surface area (TPSA) is 47.6 Å². The van der Waals surface area contributed by atoms with E-state index in [2.05, 4.69) is 19.2 Å². The van der Waals surface area contributed by atoms with E-state index in [1.807, 2.05) is 27.8 Å². The molecule has 0 rings (SSSR count). The molecule has 0 aromatic heterocycles. The lowest BCUT2D eigenvalue weighted by Gasteiger charge is -2.30.